The molecule has 1 amide bonds. The van der Waals surface area contributed by atoms with Gasteiger partial charge in [0, 0.05) is 17.5 Å². The first-order chi connectivity index (χ1) is 14.0. The topological polar surface area (TPSA) is 91.5 Å². The van der Waals surface area contributed by atoms with Crippen molar-refractivity contribution in [2.24, 2.45) is 0 Å². The summed E-state index contributed by atoms with van der Waals surface area (Å²) in [5.74, 6) is 0.561. The van der Waals surface area contributed by atoms with Crippen molar-refractivity contribution in [3.8, 4) is 17.0 Å². The Labute approximate surface area is 168 Å². The molecule has 29 heavy (non-hydrogen) atoms. The second kappa shape index (κ2) is 7.63. The number of hydrogen-bond acceptors (Lipinski definition) is 5. The Balaban J connectivity index is 1.63. The normalized spacial score (nSPS) is 10.8. The Morgan fingerprint density at radius 3 is 2.72 bits per heavy atom. The highest BCUT2D eigenvalue weighted by atomic mass is 16.3. The minimum Gasteiger partial charge on any atom is -0.507 e. The zero-order valence-corrected chi connectivity index (χ0v) is 16.2. The van der Waals surface area contributed by atoms with Gasteiger partial charge in [0.15, 0.2) is 0 Å². The van der Waals surface area contributed by atoms with Crippen LogP contribution in [0.3, 0.4) is 0 Å². The van der Waals surface area contributed by atoms with Gasteiger partial charge in [-0.2, -0.15) is 0 Å². The molecule has 0 bridgehead atoms. The fourth-order valence-corrected chi connectivity index (χ4v) is 3.09. The molecule has 0 unspecified atom stereocenters. The Bertz CT molecular complexity index is 1180. The van der Waals surface area contributed by atoms with E-state index in [2.05, 4.69) is 20.6 Å². The molecule has 0 fully saturated rings. The molecule has 0 saturated heterocycles. The van der Waals surface area contributed by atoms with Crippen LogP contribution in [0.2, 0.25) is 0 Å². The molecule has 0 spiro atoms. The lowest BCUT2D eigenvalue weighted by atomic mass is 10.1. The van der Waals surface area contributed by atoms with E-state index >= 15 is 0 Å². The van der Waals surface area contributed by atoms with Gasteiger partial charge in [0.2, 0.25) is 5.91 Å². The number of aromatic hydroxyl groups is 1. The van der Waals surface area contributed by atoms with Crippen LogP contribution in [0.25, 0.3) is 16.9 Å². The van der Waals surface area contributed by atoms with Crippen LogP contribution in [-0.4, -0.2) is 31.9 Å². The molecule has 4 aromatic rings. The van der Waals surface area contributed by atoms with E-state index in [4.69, 9.17) is 0 Å². The first-order valence-electron chi connectivity index (χ1n) is 9.25. The highest BCUT2D eigenvalue weighted by Gasteiger charge is 2.17. The SMILES string of the molecule is Cc1ccn2c(NCC(=O)Nc3ccc(C)nc3)c(-c3ccccc3O)nc2c1. The third-order valence-corrected chi connectivity index (χ3v) is 4.55. The van der Waals surface area contributed by atoms with Gasteiger partial charge >= 0.3 is 0 Å². The van der Waals surface area contributed by atoms with E-state index in [0.29, 0.717) is 22.8 Å². The molecule has 4 rings (SSSR count). The molecule has 3 N–H and O–H groups in total. The predicted molar refractivity (Wildman–Crippen MR) is 113 cm³/mol. The number of phenolic OH excluding ortho intramolecular Hbond substituents is 1. The first-order valence-corrected chi connectivity index (χ1v) is 9.25. The van der Waals surface area contributed by atoms with E-state index in [1.807, 2.05) is 54.8 Å². The largest absolute Gasteiger partial charge is 0.507 e. The van der Waals surface area contributed by atoms with Crippen molar-refractivity contribution in [2.75, 3.05) is 17.2 Å². The molecule has 0 aliphatic carbocycles. The lowest BCUT2D eigenvalue weighted by molar-refractivity contribution is -0.114. The lowest BCUT2D eigenvalue weighted by Crippen LogP contribution is -2.22. The van der Waals surface area contributed by atoms with Crippen LogP contribution < -0.4 is 10.6 Å². The van der Waals surface area contributed by atoms with Crippen molar-refractivity contribution in [3.05, 3.63) is 72.2 Å². The summed E-state index contributed by atoms with van der Waals surface area (Å²) in [6.45, 7) is 3.92. The van der Waals surface area contributed by atoms with Crippen molar-refractivity contribution in [2.45, 2.75) is 13.8 Å². The number of fused-ring (bicyclic) bond motifs is 1. The van der Waals surface area contributed by atoms with E-state index in [0.717, 1.165) is 16.9 Å². The van der Waals surface area contributed by atoms with Crippen LogP contribution in [-0.2, 0) is 4.79 Å². The summed E-state index contributed by atoms with van der Waals surface area (Å²) in [6.07, 6.45) is 3.52. The Kier molecular flexibility index (Phi) is 4.87. The van der Waals surface area contributed by atoms with Gasteiger partial charge < -0.3 is 15.7 Å². The van der Waals surface area contributed by atoms with Gasteiger partial charge in [-0.1, -0.05) is 12.1 Å². The molecule has 0 aliphatic rings. The summed E-state index contributed by atoms with van der Waals surface area (Å²) in [7, 11) is 0. The maximum absolute atomic E-state index is 12.4. The summed E-state index contributed by atoms with van der Waals surface area (Å²) in [6, 6.07) is 14.6. The second-order valence-corrected chi connectivity index (χ2v) is 6.85. The quantitative estimate of drug-likeness (QED) is 0.485. The summed E-state index contributed by atoms with van der Waals surface area (Å²) >= 11 is 0. The van der Waals surface area contributed by atoms with Crippen LogP contribution in [0.15, 0.2) is 60.9 Å². The number of aromatic nitrogens is 3. The molecule has 0 aliphatic heterocycles. The van der Waals surface area contributed by atoms with Gasteiger partial charge in [-0.05, 0) is 55.8 Å². The van der Waals surface area contributed by atoms with Gasteiger partial charge in [0.05, 0.1) is 18.4 Å². The molecular weight excluding hydrogens is 366 g/mol. The number of aryl methyl sites for hydroxylation is 2. The van der Waals surface area contributed by atoms with Crippen LogP contribution >= 0.6 is 0 Å². The van der Waals surface area contributed by atoms with E-state index in [1.54, 1.807) is 24.4 Å². The molecule has 0 atom stereocenters. The average Bonchev–Trinajstić information content (AvgIpc) is 3.05. The van der Waals surface area contributed by atoms with Gasteiger partial charge in [-0.3, -0.25) is 14.2 Å². The third-order valence-electron chi connectivity index (χ3n) is 4.55. The number of imidazole rings is 1. The average molecular weight is 387 g/mol. The molecule has 146 valence electrons. The zero-order valence-electron chi connectivity index (χ0n) is 16.2. The maximum atomic E-state index is 12.4. The molecule has 7 nitrogen and oxygen atoms in total. The summed E-state index contributed by atoms with van der Waals surface area (Å²) in [5.41, 5.74) is 4.50. The van der Waals surface area contributed by atoms with Crippen LogP contribution in [0.5, 0.6) is 5.75 Å². The first kappa shape index (κ1) is 18.5. The Morgan fingerprint density at radius 2 is 1.97 bits per heavy atom. The van der Waals surface area contributed by atoms with Crippen molar-refractivity contribution in [1.82, 2.24) is 14.4 Å². The summed E-state index contributed by atoms with van der Waals surface area (Å²) in [5, 5.41) is 16.3. The predicted octanol–water partition coefficient (Wildman–Crippen LogP) is 3.77. The number of pyridine rings is 2. The fraction of sp³-hybridized carbons (Fsp3) is 0.136. The minimum absolute atomic E-state index is 0.0378. The number of hydrogen-bond donors (Lipinski definition) is 3. The monoisotopic (exact) mass is 387 g/mol. The Hall–Kier alpha value is -3.87. The van der Waals surface area contributed by atoms with E-state index in [9.17, 15) is 9.90 Å². The van der Waals surface area contributed by atoms with Gasteiger partial charge in [-0.25, -0.2) is 4.98 Å². The Morgan fingerprint density at radius 1 is 1.14 bits per heavy atom. The number of amides is 1. The van der Waals surface area contributed by atoms with Crippen molar-refractivity contribution in [3.63, 3.8) is 0 Å². The highest BCUT2D eigenvalue weighted by molar-refractivity contribution is 5.94. The standard InChI is InChI=1S/C22H21N5O2/c1-14-9-10-27-19(11-14)26-21(17-5-3-4-6-18(17)28)22(27)24-13-20(29)25-16-8-7-15(2)23-12-16/h3-12,24,28H,13H2,1-2H3,(H,25,29). The van der Waals surface area contributed by atoms with Gasteiger partial charge in [0.1, 0.15) is 22.9 Å². The lowest BCUT2D eigenvalue weighted by Gasteiger charge is -2.10. The molecule has 0 saturated carbocycles. The second-order valence-electron chi connectivity index (χ2n) is 6.85. The number of para-hydroxylation sites is 1. The fourth-order valence-electron chi connectivity index (χ4n) is 3.09. The van der Waals surface area contributed by atoms with E-state index in [1.165, 1.54) is 0 Å². The van der Waals surface area contributed by atoms with Gasteiger partial charge in [-0.15, -0.1) is 0 Å². The number of nitrogens with zero attached hydrogens (tertiary/aromatic N) is 3. The number of nitrogens with one attached hydrogen (secondary N) is 2. The number of carbonyl (C=O) groups excluding carboxylic acids is 1. The number of phenols is 1. The van der Waals surface area contributed by atoms with Gasteiger partial charge in [0.25, 0.3) is 0 Å². The molecule has 3 aromatic heterocycles. The number of rotatable bonds is 5. The molecule has 7 heteroatoms. The van der Waals surface area contributed by atoms with E-state index < -0.39 is 0 Å². The molecule has 0 radical (unpaired) electrons. The highest BCUT2D eigenvalue weighted by Crippen LogP contribution is 2.34. The number of anilines is 2. The zero-order chi connectivity index (χ0) is 20.4. The summed E-state index contributed by atoms with van der Waals surface area (Å²) in [4.78, 5) is 21.3. The minimum atomic E-state index is -0.207. The molecular formula is C22H21N5O2. The number of benzene rings is 1. The maximum Gasteiger partial charge on any atom is 0.243 e. The van der Waals surface area contributed by atoms with E-state index in [-0.39, 0.29) is 18.2 Å². The van der Waals surface area contributed by atoms with Crippen molar-refractivity contribution >= 4 is 23.1 Å². The van der Waals surface area contributed by atoms with Crippen LogP contribution in [0, 0.1) is 13.8 Å². The smallest absolute Gasteiger partial charge is 0.243 e. The van der Waals surface area contributed by atoms with Crippen molar-refractivity contribution in [1.29, 1.82) is 0 Å². The van der Waals surface area contributed by atoms with Crippen LogP contribution in [0.4, 0.5) is 11.5 Å². The number of carbonyl (C=O) groups is 1. The van der Waals surface area contributed by atoms with Crippen molar-refractivity contribution < 1.29 is 9.90 Å². The summed E-state index contributed by atoms with van der Waals surface area (Å²) < 4.78 is 1.87. The molecule has 1 aromatic carbocycles. The van der Waals surface area contributed by atoms with Crippen LogP contribution in [0.1, 0.15) is 11.3 Å². The third kappa shape index (κ3) is 3.89. The molecule has 3 heterocycles.